The average Bonchev–Trinajstić information content (AvgIpc) is 2.08. The molecule has 6 heteroatoms. The number of hydrogen-bond donors (Lipinski definition) is 5. The lowest BCUT2D eigenvalue weighted by Gasteiger charge is -2.37. The summed E-state index contributed by atoms with van der Waals surface area (Å²) in [6.07, 6.45) is -3.51. The van der Waals surface area contributed by atoms with E-state index in [-0.39, 0.29) is 6.61 Å². The molecule has 0 aromatic rings. The van der Waals surface area contributed by atoms with Crippen LogP contribution in [0, 0.1) is 0 Å². The van der Waals surface area contributed by atoms with Gasteiger partial charge >= 0.3 is 0 Å². The minimum atomic E-state index is -1.27. The zero-order chi connectivity index (χ0) is 9.30. The molecule has 1 rings (SSSR count). The maximum Gasteiger partial charge on any atom is 0.109 e. The van der Waals surface area contributed by atoms with Gasteiger partial charge in [0, 0.05) is 0 Å². The highest BCUT2D eigenvalue weighted by Gasteiger charge is 2.41. The van der Waals surface area contributed by atoms with Crippen LogP contribution in [0.25, 0.3) is 0 Å². The standard InChI is InChI=1S/C6H13NO4S/c7-6-5(11)4(10)3(9)2(1-8)12-6/h2-6,8-11H,1,7H2/t2-,3+,4+,5+,6-/m0/s1. The number of nitrogens with two attached hydrogens (primary N) is 1. The molecule has 1 aliphatic heterocycles. The second-order valence-corrected chi connectivity index (χ2v) is 4.22. The van der Waals surface area contributed by atoms with E-state index in [4.69, 9.17) is 10.8 Å². The van der Waals surface area contributed by atoms with E-state index < -0.39 is 28.9 Å². The van der Waals surface area contributed by atoms with Crippen LogP contribution in [-0.2, 0) is 0 Å². The van der Waals surface area contributed by atoms with Crippen LogP contribution in [0.5, 0.6) is 0 Å². The van der Waals surface area contributed by atoms with Gasteiger partial charge in [-0.1, -0.05) is 0 Å². The maximum absolute atomic E-state index is 9.28. The molecule has 0 radical (unpaired) electrons. The van der Waals surface area contributed by atoms with Gasteiger partial charge in [0.1, 0.15) is 12.2 Å². The Morgan fingerprint density at radius 1 is 1.08 bits per heavy atom. The van der Waals surface area contributed by atoms with Gasteiger partial charge in [-0.25, -0.2) is 0 Å². The lowest BCUT2D eigenvalue weighted by molar-refractivity contribution is -0.0690. The van der Waals surface area contributed by atoms with Crippen LogP contribution in [0.15, 0.2) is 0 Å². The Hall–Kier alpha value is 0.150. The molecule has 0 unspecified atom stereocenters. The Kier molecular flexibility index (Phi) is 3.33. The van der Waals surface area contributed by atoms with Crippen LogP contribution in [-0.4, -0.2) is 56.0 Å². The van der Waals surface area contributed by atoms with E-state index >= 15 is 0 Å². The quantitative estimate of drug-likeness (QED) is 0.316. The number of aliphatic hydroxyl groups excluding tert-OH is 4. The number of thioether (sulfide) groups is 1. The topological polar surface area (TPSA) is 107 Å². The van der Waals surface area contributed by atoms with E-state index in [1.807, 2.05) is 0 Å². The molecule has 5 atom stereocenters. The summed E-state index contributed by atoms with van der Waals surface area (Å²) in [5.74, 6) is 0. The fourth-order valence-electron chi connectivity index (χ4n) is 1.13. The molecule has 12 heavy (non-hydrogen) atoms. The van der Waals surface area contributed by atoms with Gasteiger partial charge in [0.05, 0.1) is 23.3 Å². The summed E-state index contributed by atoms with van der Waals surface area (Å²) in [7, 11) is 0. The van der Waals surface area contributed by atoms with Crippen molar-refractivity contribution in [3.8, 4) is 0 Å². The molecular formula is C6H13NO4S. The lowest BCUT2D eigenvalue weighted by atomic mass is 10.0. The second kappa shape index (κ2) is 3.91. The maximum atomic E-state index is 9.28. The summed E-state index contributed by atoms with van der Waals surface area (Å²) < 4.78 is 0. The van der Waals surface area contributed by atoms with Gasteiger partial charge in [-0.05, 0) is 0 Å². The van der Waals surface area contributed by atoms with Crippen molar-refractivity contribution < 1.29 is 20.4 Å². The SMILES string of the molecule is N[C@H]1S[C@@H](CO)[C@@H](O)[C@@H](O)[C@H]1O. The van der Waals surface area contributed by atoms with Gasteiger partial charge in [-0.2, -0.15) is 0 Å². The molecule has 1 saturated heterocycles. The average molecular weight is 195 g/mol. The first-order chi connectivity index (χ1) is 5.57. The predicted molar refractivity (Wildman–Crippen MR) is 44.5 cm³/mol. The molecule has 1 heterocycles. The molecule has 1 fully saturated rings. The highest BCUT2D eigenvalue weighted by Crippen LogP contribution is 2.29. The molecule has 72 valence electrons. The molecule has 0 aromatic heterocycles. The third-order valence-electron chi connectivity index (χ3n) is 1.93. The predicted octanol–water partition coefficient (Wildman–Crippen LogP) is -2.54. The molecule has 0 aliphatic carbocycles. The number of hydrogen-bond acceptors (Lipinski definition) is 6. The van der Waals surface area contributed by atoms with Crippen LogP contribution in [0.1, 0.15) is 0 Å². The third kappa shape index (κ3) is 1.73. The minimum absolute atomic E-state index is 0.261. The summed E-state index contributed by atoms with van der Waals surface area (Å²) in [6, 6.07) is 0. The summed E-state index contributed by atoms with van der Waals surface area (Å²) in [4.78, 5) is 0. The molecule has 0 spiro atoms. The van der Waals surface area contributed by atoms with E-state index in [0.717, 1.165) is 11.8 Å². The number of aliphatic hydroxyl groups is 4. The van der Waals surface area contributed by atoms with Crippen molar-refractivity contribution in [2.75, 3.05) is 6.61 Å². The monoisotopic (exact) mass is 195 g/mol. The highest BCUT2D eigenvalue weighted by molar-refractivity contribution is 8.00. The van der Waals surface area contributed by atoms with Crippen molar-refractivity contribution in [3.63, 3.8) is 0 Å². The zero-order valence-corrected chi connectivity index (χ0v) is 7.18. The first-order valence-corrected chi connectivity index (χ1v) is 4.58. The summed E-state index contributed by atoms with van der Waals surface area (Å²) in [6.45, 7) is -0.261. The van der Waals surface area contributed by atoms with Gasteiger partial charge < -0.3 is 26.2 Å². The fourth-order valence-corrected chi connectivity index (χ4v) is 2.26. The van der Waals surface area contributed by atoms with Crippen LogP contribution >= 0.6 is 11.8 Å². The molecule has 0 saturated carbocycles. The van der Waals surface area contributed by atoms with Crippen molar-refractivity contribution in [3.05, 3.63) is 0 Å². The van der Waals surface area contributed by atoms with Gasteiger partial charge in [0.2, 0.25) is 0 Å². The van der Waals surface area contributed by atoms with Crippen molar-refractivity contribution >= 4 is 11.8 Å². The molecule has 1 aliphatic rings. The minimum Gasteiger partial charge on any atom is -0.395 e. The molecule has 0 aromatic carbocycles. The van der Waals surface area contributed by atoms with Gasteiger partial charge in [0.15, 0.2) is 0 Å². The Bertz CT molecular complexity index is 154. The Morgan fingerprint density at radius 3 is 2.17 bits per heavy atom. The van der Waals surface area contributed by atoms with Gasteiger partial charge in [-0.3, -0.25) is 0 Å². The first-order valence-electron chi connectivity index (χ1n) is 3.64. The zero-order valence-electron chi connectivity index (χ0n) is 6.37. The van der Waals surface area contributed by atoms with Crippen molar-refractivity contribution in [1.29, 1.82) is 0 Å². The molecule has 0 bridgehead atoms. The Morgan fingerprint density at radius 2 is 1.67 bits per heavy atom. The summed E-state index contributed by atoms with van der Waals surface area (Å²) >= 11 is 1.07. The normalized spacial score (nSPS) is 49.2. The summed E-state index contributed by atoms with van der Waals surface area (Å²) in [5.41, 5.74) is 5.43. The molecule has 5 nitrogen and oxygen atoms in total. The molecule has 0 amide bonds. The third-order valence-corrected chi connectivity index (χ3v) is 3.30. The van der Waals surface area contributed by atoms with Gasteiger partial charge in [-0.15, -0.1) is 11.8 Å². The lowest BCUT2D eigenvalue weighted by Crippen LogP contribution is -2.56. The van der Waals surface area contributed by atoms with Crippen LogP contribution in [0.4, 0.5) is 0 Å². The summed E-state index contributed by atoms with van der Waals surface area (Å²) in [5, 5.41) is 35.3. The van der Waals surface area contributed by atoms with Crippen molar-refractivity contribution in [2.45, 2.75) is 28.9 Å². The van der Waals surface area contributed by atoms with E-state index in [0.29, 0.717) is 0 Å². The molecule has 6 N–H and O–H groups in total. The largest absolute Gasteiger partial charge is 0.395 e. The second-order valence-electron chi connectivity index (χ2n) is 2.79. The van der Waals surface area contributed by atoms with Crippen molar-refractivity contribution in [2.24, 2.45) is 5.73 Å². The van der Waals surface area contributed by atoms with E-state index in [9.17, 15) is 15.3 Å². The Labute approximate surface area is 74.2 Å². The van der Waals surface area contributed by atoms with Crippen LogP contribution in [0.3, 0.4) is 0 Å². The Balaban J connectivity index is 2.63. The highest BCUT2D eigenvalue weighted by atomic mass is 32.2. The van der Waals surface area contributed by atoms with Crippen molar-refractivity contribution in [1.82, 2.24) is 0 Å². The smallest absolute Gasteiger partial charge is 0.109 e. The number of rotatable bonds is 1. The first kappa shape index (κ1) is 10.2. The van der Waals surface area contributed by atoms with E-state index in [2.05, 4.69) is 0 Å². The van der Waals surface area contributed by atoms with E-state index in [1.165, 1.54) is 0 Å². The fraction of sp³-hybridized carbons (Fsp3) is 1.00. The molecular weight excluding hydrogens is 182 g/mol. The van der Waals surface area contributed by atoms with Gasteiger partial charge in [0.25, 0.3) is 0 Å². The van der Waals surface area contributed by atoms with Crippen LogP contribution in [0.2, 0.25) is 0 Å². The van der Waals surface area contributed by atoms with Crippen LogP contribution < -0.4 is 5.73 Å². The van der Waals surface area contributed by atoms with E-state index in [1.54, 1.807) is 0 Å².